The molecule has 5 aromatic rings. The molecule has 0 aliphatic carbocycles. The predicted molar refractivity (Wildman–Crippen MR) is 129 cm³/mol. The van der Waals surface area contributed by atoms with Gasteiger partial charge in [-0.3, -0.25) is 0 Å². The second-order valence-electron chi connectivity index (χ2n) is 9.27. The second-order valence-corrected chi connectivity index (χ2v) is 9.27. The van der Waals surface area contributed by atoms with Crippen LogP contribution >= 0.6 is 0 Å². The Hall–Kier alpha value is -3.39. The fourth-order valence-electron chi connectivity index (χ4n) is 5.30. The number of aromatic nitrogens is 1. The fraction of sp³-hybridized carbons (Fsp3) is 0.207. The van der Waals surface area contributed by atoms with E-state index >= 15 is 0 Å². The lowest BCUT2D eigenvalue weighted by atomic mass is 9.89. The third-order valence-corrected chi connectivity index (χ3v) is 6.60. The summed E-state index contributed by atoms with van der Waals surface area (Å²) in [7, 11) is 2.14. The predicted octanol–water partition coefficient (Wildman–Crippen LogP) is 7.25. The van der Waals surface area contributed by atoms with E-state index in [0.29, 0.717) is 5.92 Å². The zero-order valence-electron chi connectivity index (χ0n) is 18.5. The molecule has 1 aliphatic rings. The van der Waals surface area contributed by atoms with Gasteiger partial charge < -0.3 is 4.74 Å². The number of aryl methyl sites for hydroxylation is 2. The molecule has 0 unspecified atom stereocenters. The Morgan fingerprint density at radius 3 is 2.48 bits per heavy atom. The Kier molecular flexibility index (Phi) is 3.89. The molecule has 0 radical (unpaired) electrons. The number of hydrogen-bond acceptors (Lipinski definition) is 1. The summed E-state index contributed by atoms with van der Waals surface area (Å²) in [6, 6.07) is 22.0. The minimum atomic E-state index is 0.592. The highest BCUT2D eigenvalue weighted by molar-refractivity contribution is 6.13. The van der Waals surface area contributed by atoms with E-state index < -0.39 is 0 Å². The molecule has 0 saturated heterocycles. The Bertz CT molecular complexity index is 1530. The van der Waals surface area contributed by atoms with E-state index in [1.807, 2.05) is 0 Å². The first-order valence-electron chi connectivity index (χ1n) is 11.1. The largest absolute Gasteiger partial charge is 0.449 e. The molecule has 0 spiro atoms. The summed E-state index contributed by atoms with van der Waals surface area (Å²) in [5, 5.41) is 7.53. The molecule has 2 heterocycles. The maximum atomic E-state index is 6.69. The molecule has 1 aromatic heterocycles. The lowest BCUT2D eigenvalue weighted by Gasteiger charge is -2.22. The average Bonchev–Trinajstić information content (AvgIpc) is 2.76. The van der Waals surface area contributed by atoms with Gasteiger partial charge >= 0.3 is 0 Å². The van der Waals surface area contributed by atoms with Crippen LogP contribution in [0.1, 0.15) is 25.0 Å². The third kappa shape index (κ3) is 2.61. The molecule has 1 aliphatic heterocycles. The van der Waals surface area contributed by atoms with E-state index in [9.17, 15) is 0 Å². The highest BCUT2D eigenvalue weighted by Gasteiger charge is 2.31. The van der Waals surface area contributed by atoms with Crippen molar-refractivity contribution in [2.24, 2.45) is 13.0 Å². The van der Waals surface area contributed by atoms with Crippen LogP contribution in [-0.4, -0.2) is 0 Å². The minimum absolute atomic E-state index is 0.592. The first-order chi connectivity index (χ1) is 15.0. The SMILES string of the molecule is Cc1ccc2cccc3c2c1-c1c(c2cc(CC(C)C)c4ccccc4c2c[n+]1C)O3. The van der Waals surface area contributed by atoms with Crippen LogP contribution in [0.2, 0.25) is 0 Å². The molecule has 152 valence electrons. The molecule has 0 fully saturated rings. The normalized spacial score (nSPS) is 12.5. The maximum absolute atomic E-state index is 6.69. The van der Waals surface area contributed by atoms with Crippen molar-refractivity contribution < 1.29 is 9.30 Å². The van der Waals surface area contributed by atoms with E-state index in [-0.39, 0.29) is 0 Å². The zero-order valence-corrected chi connectivity index (χ0v) is 18.5. The highest BCUT2D eigenvalue weighted by Crippen LogP contribution is 2.49. The number of ether oxygens (including phenoxy) is 1. The summed E-state index contributed by atoms with van der Waals surface area (Å²) in [4.78, 5) is 0. The van der Waals surface area contributed by atoms with Crippen molar-refractivity contribution in [3.05, 3.63) is 78.0 Å². The number of rotatable bonds is 2. The number of fused-ring (bicyclic) bond motifs is 6. The molecular formula is C29H26NO+. The van der Waals surface area contributed by atoms with Gasteiger partial charge in [-0.15, -0.1) is 0 Å². The summed E-state index contributed by atoms with van der Waals surface area (Å²) < 4.78 is 8.94. The molecule has 31 heavy (non-hydrogen) atoms. The van der Waals surface area contributed by atoms with Gasteiger partial charge in [0.15, 0.2) is 6.20 Å². The number of pyridine rings is 1. The van der Waals surface area contributed by atoms with Crippen LogP contribution in [0.5, 0.6) is 11.5 Å². The van der Waals surface area contributed by atoms with Crippen LogP contribution in [0.3, 0.4) is 0 Å². The topological polar surface area (TPSA) is 13.1 Å². The van der Waals surface area contributed by atoms with Crippen molar-refractivity contribution >= 4 is 32.3 Å². The van der Waals surface area contributed by atoms with Gasteiger partial charge in [0.05, 0.1) is 10.9 Å². The number of nitrogens with zero attached hydrogens (tertiary/aromatic N) is 1. The summed E-state index contributed by atoms with van der Waals surface area (Å²) in [5.41, 5.74) is 5.13. The lowest BCUT2D eigenvalue weighted by molar-refractivity contribution is -0.659. The summed E-state index contributed by atoms with van der Waals surface area (Å²) in [5.74, 6) is 2.52. The van der Waals surface area contributed by atoms with Crippen molar-refractivity contribution in [1.82, 2.24) is 0 Å². The smallest absolute Gasteiger partial charge is 0.257 e. The zero-order chi connectivity index (χ0) is 21.3. The van der Waals surface area contributed by atoms with Gasteiger partial charge in [0, 0.05) is 10.8 Å². The summed E-state index contributed by atoms with van der Waals surface area (Å²) in [6.45, 7) is 6.78. The molecule has 0 N–H and O–H groups in total. The molecule has 4 aromatic carbocycles. The minimum Gasteiger partial charge on any atom is -0.449 e. The van der Waals surface area contributed by atoms with Crippen LogP contribution in [0, 0.1) is 12.8 Å². The van der Waals surface area contributed by atoms with Gasteiger partial charge in [0.25, 0.3) is 5.69 Å². The van der Waals surface area contributed by atoms with E-state index in [4.69, 9.17) is 4.74 Å². The monoisotopic (exact) mass is 404 g/mol. The summed E-state index contributed by atoms with van der Waals surface area (Å²) >= 11 is 0. The Labute approximate surface area is 182 Å². The molecule has 6 rings (SSSR count). The Balaban J connectivity index is 1.79. The van der Waals surface area contributed by atoms with Crippen molar-refractivity contribution in [3.8, 4) is 22.8 Å². The van der Waals surface area contributed by atoms with E-state index in [1.165, 1.54) is 54.7 Å². The molecule has 0 saturated carbocycles. The standard InChI is InChI=1S/C29H26NO/c1-17(2)14-20-15-23-24(22-10-6-5-9-21(20)22)16-30(4)28-26-18(3)12-13-19-8-7-11-25(27(19)26)31-29(23)28/h5-13,15-17H,14H2,1-4H3/q+1. The Morgan fingerprint density at radius 1 is 0.871 bits per heavy atom. The lowest BCUT2D eigenvalue weighted by Crippen LogP contribution is -2.32. The van der Waals surface area contributed by atoms with Gasteiger partial charge in [0.2, 0.25) is 5.75 Å². The van der Waals surface area contributed by atoms with Crippen LogP contribution in [0.25, 0.3) is 43.6 Å². The van der Waals surface area contributed by atoms with Gasteiger partial charge in [-0.05, 0) is 58.7 Å². The van der Waals surface area contributed by atoms with E-state index in [2.05, 4.69) is 99.2 Å². The third-order valence-electron chi connectivity index (χ3n) is 6.60. The van der Waals surface area contributed by atoms with Gasteiger partial charge in [-0.2, -0.15) is 4.57 Å². The average molecular weight is 405 g/mol. The van der Waals surface area contributed by atoms with Gasteiger partial charge in [0.1, 0.15) is 12.8 Å². The fourth-order valence-corrected chi connectivity index (χ4v) is 5.30. The molecule has 0 atom stereocenters. The van der Waals surface area contributed by atoms with Crippen LogP contribution < -0.4 is 9.30 Å². The molecule has 0 bridgehead atoms. The quantitative estimate of drug-likeness (QED) is 0.219. The molecule has 0 amide bonds. The van der Waals surface area contributed by atoms with Crippen molar-refractivity contribution in [2.45, 2.75) is 27.2 Å². The van der Waals surface area contributed by atoms with Gasteiger partial charge in [-0.25, -0.2) is 0 Å². The number of benzene rings is 4. The Morgan fingerprint density at radius 2 is 1.68 bits per heavy atom. The van der Waals surface area contributed by atoms with E-state index in [1.54, 1.807) is 0 Å². The molecule has 2 nitrogen and oxygen atoms in total. The first kappa shape index (κ1) is 18.4. The maximum Gasteiger partial charge on any atom is 0.257 e. The van der Waals surface area contributed by atoms with Crippen LogP contribution in [0.15, 0.2) is 66.9 Å². The second kappa shape index (κ2) is 6.55. The highest BCUT2D eigenvalue weighted by atomic mass is 16.5. The van der Waals surface area contributed by atoms with Crippen LogP contribution in [0.4, 0.5) is 0 Å². The van der Waals surface area contributed by atoms with Crippen molar-refractivity contribution in [2.75, 3.05) is 0 Å². The molecular weight excluding hydrogens is 378 g/mol. The molecule has 2 heteroatoms. The number of hydrogen-bond donors (Lipinski definition) is 0. The summed E-state index contributed by atoms with van der Waals surface area (Å²) in [6.07, 6.45) is 3.34. The van der Waals surface area contributed by atoms with Crippen molar-refractivity contribution in [3.63, 3.8) is 0 Å². The first-order valence-corrected chi connectivity index (χ1v) is 11.1. The van der Waals surface area contributed by atoms with Crippen LogP contribution in [-0.2, 0) is 13.5 Å². The van der Waals surface area contributed by atoms with E-state index in [0.717, 1.165) is 17.9 Å². The van der Waals surface area contributed by atoms with Gasteiger partial charge in [-0.1, -0.05) is 62.4 Å². The van der Waals surface area contributed by atoms with Crippen molar-refractivity contribution in [1.29, 1.82) is 0 Å².